The van der Waals surface area contributed by atoms with Crippen LogP contribution in [0.5, 0.6) is 5.75 Å². The molecule has 0 aromatic heterocycles. The topological polar surface area (TPSA) is 29.5 Å². The van der Waals surface area contributed by atoms with Crippen LogP contribution in [-0.4, -0.2) is 37.9 Å². The van der Waals surface area contributed by atoms with E-state index in [-0.39, 0.29) is 5.78 Å². The number of Topliss-reactive ketones (excluding diaryl/α,β-unsaturated/α-hetero) is 1. The fraction of sp³-hybridized carbons (Fsp3) is 0.562. The molecule has 3 heteroatoms. The fourth-order valence-corrected chi connectivity index (χ4v) is 2.48. The number of benzene rings is 1. The van der Waals surface area contributed by atoms with Crippen molar-refractivity contribution < 1.29 is 9.53 Å². The van der Waals surface area contributed by atoms with Crippen molar-refractivity contribution in [3.8, 4) is 5.75 Å². The molecule has 2 rings (SSSR count). The summed E-state index contributed by atoms with van der Waals surface area (Å²) in [6.45, 7) is 5.74. The number of rotatable bonds is 6. The SMILES string of the molecule is COc1cc(C)ccc1C(=O)CN(C)CC1CC1C. The van der Waals surface area contributed by atoms with Gasteiger partial charge in [-0.3, -0.25) is 9.69 Å². The number of ether oxygens (including phenoxy) is 1. The first-order chi connectivity index (χ1) is 9.01. The number of hydrogen-bond donors (Lipinski definition) is 0. The number of methoxy groups -OCH3 is 1. The van der Waals surface area contributed by atoms with Crippen LogP contribution in [-0.2, 0) is 0 Å². The monoisotopic (exact) mass is 261 g/mol. The zero-order chi connectivity index (χ0) is 14.0. The van der Waals surface area contributed by atoms with Gasteiger partial charge < -0.3 is 4.74 Å². The Labute approximate surface area is 115 Å². The largest absolute Gasteiger partial charge is 0.496 e. The number of nitrogens with zero attached hydrogens (tertiary/aromatic N) is 1. The maximum atomic E-state index is 12.3. The van der Waals surface area contributed by atoms with Crippen molar-refractivity contribution in [2.45, 2.75) is 20.3 Å². The lowest BCUT2D eigenvalue weighted by atomic mass is 10.1. The van der Waals surface area contributed by atoms with Crippen molar-refractivity contribution >= 4 is 5.78 Å². The minimum atomic E-state index is 0.132. The minimum Gasteiger partial charge on any atom is -0.496 e. The Hall–Kier alpha value is -1.35. The van der Waals surface area contributed by atoms with Gasteiger partial charge in [0.05, 0.1) is 19.2 Å². The molecular formula is C16H23NO2. The molecule has 0 N–H and O–H groups in total. The second-order valence-electron chi connectivity index (χ2n) is 5.80. The lowest BCUT2D eigenvalue weighted by Crippen LogP contribution is -2.28. The van der Waals surface area contributed by atoms with Crippen LogP contribution >= 0.6 is 0 Å². The summed E-state index contributed by atoms with van der Waals surface area (Å²) in [6, 6.07) is 5.74. The molecule has 1 saturated carbocycles. The molecule has 2 unspecified atom stereocenters. The van der Waals surface area contributed by atoms with E-state index in [0.29, 0.717) is 17.9 Å². The van der Waals surface area contributed by atoms with Crippen molar-refractivity contribution in [2.75, 3.05) is 27.2 Å². The average molecular weight is 261 g/mol. The summed E-state index contributed by atoms with van der Waals surface area (Å²) in [7, 11) is 3.63. The van der Waals surface area contributed by atoms with Gasteiger partial charge in [-0.1, -0.05) is 13.0 Å². The molecule has 0 radical (unpaired) electrons. The van der Waals surface area contributed by atoms with Gasteiger partial charge in [-0.15, -0.1) is 0 Å². The van der Waals surface area contributed by atoms with E-state index in [1.165, 1.54) is 6.42 Å². The predicted molar refractivity (Wildman–Crippen MR) is 76.8 cm³/mol. The molecule has 1 aromatic rings. The number of carbonyl (C=O) groups is 1. The van der Waals surface area contributed by atoms with E-state index < -0.39 is 0 Å². The molecular weight excluding hydrogens is 238 g/mol. The second-order valence-corrected chi connectivity index (χ2v) is 5.80. The van der Waals surface area contributed by atoms with E-state index in [0.717, 1.165) is 23.9 Å². The zero-order valence-corrected chi connectivity index (χ0v) is 12.3. The molecule has 0 bridgehead atoms. The van der Waals surface area contributed by atoms with E-state index in [9.17, 15) is 4.79 Å². The summed E-state index contributed by atoms with van der Waals surface area (Å²) < 4.78 is 5.30. The molecule has 19 heavy (non-hydrogen) atoms. The third kappa shape index (κ3) is 3.57. The van der Waals surface area contributed by atoms with Gasteiger partial charge >= 0.3 is 0 Å². The van der Waals surface area contributed by atoms with E-state index in [2.05, 4.69) is 11.8 Å². The Balaban J connectivity index is 1.98. The molecule has 1 aromatic carbocycles. The van der Waals surface area contributed by atoms with Gasteiger partial charge in [-0.05, 0) is 49.9 Å². The van der Waals surface area contributed by atoms with Gasteiger partial charge in [-0.25, -0.2) is 0 Å². The van der Waals surface area contributed by atoms with Gasteiger partial charge in [0, 0.05) is 6.54 Å². The number of likely N-dealkylation sites (N-methyl/N-ethyl adjacent to an activating group) is 1. The molecule has 0 heterocycles. The summed E-state index contributed by atoms with van der Waals surface area (Å²) in [4.78, 5) is 14.4. The van der Waals surface area contributed by atoms with Crippen LogP contribution in [0, 0.1) is 18.8 Å². The number of aryl methyl sites for hydroxylation is 1. The highest BCUT2D eigenvalue weighted by atomic mass is 16.5. The summed E-state index contributed by atoms with van der Waals surface area (Å²) >= 11 is 0. The first-order valence-electron chi connectivity index (χ1n) is 6.87. The molecule has 0 spiro atoms. The zero-order valence-electron chi connectivity index (χ0n) is 12.3. The maximum absolute atomic E-state index is 12.3. The molecule has 1 fully saturated rings. The maximum Gasteiger partial charge on any atom is 0.180 e. The average Bonchev–Trinajstić information content (AvgIpc) is 3.03. The van der Waals surface area contributed by atoms with E-state index >= 15 is 0 Å². The Morgan fingerprint density at radius 1 is 1.47 bits per heavy atom. The van der Waals surface area contributed by atoms with Crippen molar-refractivity contribution in [3.63, 3.8) is 0 Å². The van der Waals surface area contributed by atoms with Crippen LogP contribution in [0.25, 0.3) is 0 Å². The molecule has 0 saturated heterocycles. The number of carbonyl (C=O) groups excluding carboxylic acids is 1. The Morgan fingerprint density at radius 3 is 2.74 bits per heavy atom. The normalized spacial score (nSPS) is 21.5. The standard InChI is InChI=1S/C16H23NO2/c1-11-5-6-14(16(7-11)19-4)15(18)10-17(3)9-13-8-12(13)2/h5-7,12-13H,8-10H2,1-4H3. The molecule has 2 atom stereocenters. The lowest BCUT2D eigenvalue weighted by molar-refractivity contribution is 0.0940. The summed E-state index contributed by atoms with van der Waals surface area (Å²) in [5, 5.41) is 0. The molecule has 0 aliphatic heterocycles. The molecule has 1 aliphatic carbocycles. The van der Waals surface area contributed by atoms with Crippen LogP contribution in [0.4, 0.5) is 0 Å². The van der Waals surface area contributed by atoms with Crippen molar-refractivity contribution in [1.82, 2.24) is 4.90 Å². The Morgan fingerprint density at radius 2 is 2.16 bits per heavy atom. The van der Waals surface area contributed by atoms with Gasteiger partial charge in [0.1, 0.15) is 5.75 Å². The van der Waals surface area contributed by atoms with E-state index in [1.54, 1.807) is 7.11 Å². The molecule has 104 valence electrons. The van der Waals surface area contributed by atoms with Crippen molar-refractivity contribution in [3.05, 3.63) is 29.3 Å². The molecule has 0 amide bonds. The summed E-state index contributed by atoms with van der Waals surface area (Å²) in [6.07, 6.45) is 1.30. The van der Waals surface area contributed by atoms with Crippen molar-refractivity contribution in [1.29, 1.82) is 0 Å². The number of hydrogen-bond acceptors (Lipinski definition) is 3. The first kappa shape index (κ1) is 14.1. The van der Waals surface area contributed by atoms with Crippen LogP contribution in [0.2, 0.25) is 0 Å². The van der Waals surface area contributed by atoms with Gasteiger partial charge in [0.25, 0.3) is 0 Å². The quantitative estimate of drug-likeness (QED) is 0.737. The predicted octanol–water partition coefficient (Wildman–Crippen LogP) is 2.77. The highest BCUT2D eigenvalue weighted by Crippen LogP contribution is 2.37. The Kier molecular flexibility index (Phi) is 4.25. The minimum absolute atomic E-state index is 0.132. The molecule has 1 aliphatic rings. The van der Waals surface area contributed by atoms with E-state index in [1.807, 2.05) is 32.2 Å². The second kappa shape index (κ2) is 5.74. The lowest BCUT2D eigenvalue weighted by Gasteiger charge is -2.16. The van der Waals surface area contributed by atoms with Crippen LogP contribution in [0.1, 0.15) is 29.3 Å². The fourth-order valence-electron chi connectivity index (χ4n) is 2.48. The molecule has 3 nitrogen and oxygen atoms in total. The van der Waals surface area contributed by atoms with Gasteiger partial charge in [0.15, 0.2) is 5.78 Å². The third-order valence-electron chi connectivity index (χ3n) is 3.89. The third-order valence-corrected chi connectivity index (χ3v) is 3.89. The van der Waals surface area contributed by atoms with Gasteiger partial charge in [-0.2, -0.15) is 0 Å². The van der Waals surface area contributed by atoms with Crippen LogP contribution in [0.3, 0.4) is 0 Å². The summed E-state index contributed by atoms with van der Waals surface area (Å²) in [5.74, 6) is 2.41. The summed E-state index contributed by atoms with van der Waals surface area (Å²) in [5.41, 5.74) is 1.79. The van der Waals surface area contributed by atoms with Crippen LogP contribution < -0.4 is 4.74 Å². The van der Waals surface area contributed by atoms with Gasteiger partial charge in [0.2, 0.25) is 0 Å². The first-order valence-corrected chi connectivity index (χ1v) is 6.87. The van der Waals surface area contributed by atoms with Crippen LogP contribution in [0.15, 0.2) is 18.2 Å². The van der Waals surface area contributed by atoms with Crippen molar-refractivity contribution in [2.24, 2.45) is 11.8 Å². The smallest absolute Gasteiger partial charge is 0.180 e. The highest BCUT2D eigenvalue weighted by Gasteiger charge is 2.33. The number of ketones is 1. The Bertz CT molecular complexity index is 470. The highest BCUT2D eigenvalue weighted by molar-refractivity contribution is 6.00. The van der Waals surface area contributed by atoms with E-state index in [4.69, 9.17) is 4.74 Å².